The molecule has 0 saturated heterocycles. The number of anilines is 1. The molecule has 0 bridgehead atoms. The van der Waals surface area contributed by atoms with Gasteiger partial charge in [-0.1, -0.05) is 25.7 Å². The highest BCUT2D eigenvalue weighted by molar-refractivity contribution is 6.88. The predicted octanol–water partition coefficient (Wildman–Crippen LogP) is 3.92. The number of fused-ring (bicyclic) bond motifs is 1. The number of hydrogen-bond donors (Lipinski definition) is 1. The van der Waals surface area contributed by atoms with E-state index in [1.54, 1.807) is 19.2 Å². The summed E-state index contributed by atoms with van der Waals surface area (Å²) < 4.78 is 40.3. The summed E-state index contributed by atoms with van der Waals surface area (Å²) in [6, 6.07) is 6.49. The van der Waals surface area contributed by atoms with Crippen LogP contribution in [0.25, 0.3) is 0 Å². The predicted molar refractivity (Wildman–Crippen MR) is 137 cm³/mol. The summed E-state index contributed by atoms with van der Waals surface area (Å²) in [6.07, 6.45) is 1.10. The number of halogens is 2. The molecule has 3 atom stereocenters. The first-order valence-electron chi connectivity index (χ1n) is 12.4. The van der Waals surface area contributed by atoms with Gasteiger partial charge in [-0.05, 0) is 54.7 Å². The maximum atomic E-state index is 14.9. The molecule has 0 aromatic heterocycles. The molecule has 2 amide bonds. The standard InChI is InChI=1S/C27H32F2N2O5Si/c1-15(32)36-23-9-8-20(23)27(34)31-11-10-16-12-18(35-2)6-7-19(16)24(31)26(33)30-17-13-21(28)25(22(29)14-17)37(3,4)5/h6-7,12-14,20,23-24H,8-11H2,1-5H3,(H,30,33)/t20-,23-,24?/m1/s1. The lowest BCUT2D eigenvalue weighted by Gasteiger charge is -2.42. The third-order valence-corrected chi connectivity index (χ3v) is 8.99. The summed E-state index contributed by atoms with van der Waals surface area (Å²) in [4.78, 5) is 40.1. The SMILES string of the molecule is COc1ccc2c(c1)CCN(C(=O)[C@@H]1CC[C@H]1OC(C)=O)C2C(=O)Nc1cc(F)c([Si](C)(C)C)c(F)c1. The average molecular weight is 531 g/mol. The molecule has 1 unspecified atom stereocenters. The van der Waals surface area contributed by atoms with Gasteiger partial charge >= 0.3 is 5.97 Å². The number of benzene rings is 2. The number of carbonyl (C=O) groups excluding carboxylic acids is 3. The van der Waals surface area contributed by atoms with Crippen LogP contribution in [0.3, 0.4) is 0 Å². The van der Waals surface area contributed by atoms with Gasteiger partial charge in [0.2, 0.25) is 5.91 Å². The minimum absolute atomic E-state index is 0.0172. The van der Waals surface area contributed by atoms with Crippen molar-refractivity contribution in [2.45, 2.75) is 58.0 Å². The van der Waals surface area contributed by atoms with E-state index in [-0.39, 0.29) is 23.3 Å². The van der Waals surface area contributed by atoms with E-state index >= 15 is 0 Å². The first-order chi connectivity index (χ1) is 17.4. The molecule has 4 rings (SSSR count). The third-order valence-electron chi connectivity index (χ3n) is 7.02. The average Bonchev–Trinajstić information content (AvgIpc) is 2.79. The second kappa shape index (κ2) is 10.2. The van der Waals surface area contributed by atoms with Crippen molar-refractivity contribution >= 4 is 36.7 Å². The number of nitrogens with one attached hydrogen (secondary N) is 1. The molecule has 1 saturated carbocycles. The van der Waals surface area contributed by atoms with Gasteiger partial charge in [-0.15, -0.1) is 0 Å². The number of rotatable bonds is 6. The minimum Gasteiger partial charge on any atom is -0.497 e. The quantitative estimate of drug-likeness (QED) is 0.452. The lowest BCUT2D eigenvalue weighted by molar-refractivity contribution is -0.165. The van der Waals surface area contributed by atoms with Gasteiger partial charge < -0.3 is 19.7 Å². The first kappa shape index (κ1) is 26.8. The van der Waals surface area contributed by atoms with Crippen molar-refractivity contribution < 1.29 is 32.6 Å². The van der Waals surface area contributed by atoms with E-state index in [2.05, 4.69) is 5.32 Å². The maximum Gasteiger partial charge on any atom is 0.302 e. The Morgan fingerprint density at radius 1 is 1.05 bits per heavy atom. The van der Waals surface area contributed by atoms with Gasteiger partial charge in [0, 0.05) is 24.3 Å². The second-order valence-electron chi connectivity index (χ2n) is 10.6. The molecule has 10 heteroatoms. The van der Waals surface area contributed by atoms with E-state index in [4.69, 9.17) is 9.47 Å². The first-order valence-corrected chi connectivity index (χ1v) is 15.9. The molecule has 37 heavy (non-hydrogen) atoms. The molecule has 1 heterocycles. The van der Waals surface area contributed by atoms with Gasteiger partial charge in [-0.3, -0.25) is 14.4 Å². The van der Waals surface area contributed by atoms with Crippen LogP contribution in [0.5, 0.6) is 5.75 Å². The van der Waals surface area contributed by atoms with Crippen molar-refractivity contribution in [3.63, 3.8) is 0 Å². The van der Waals surface area contributed by atoms with E-state index in [0.29, 0.717) is 30.6 Å². The van der Waals surface area contributed by atoms with Crippen molar-refractivity contribution in [1.82, 2.24) is 4.90 Å². The Labute approximate surface area is 216 Å². The van der Waals surface area contributed by atoms with Crippen LogP contribution >= 0.6 is 0 Å². The Morgan fingerprint density at radius 3 is 2.27 bits per heavy atom. The van der Waals surface area contributed by atoms with Gasteiger partial charge in [0.25, 0.3) is 5.91 Å². The number of hydrogen-bond acceptors (Lipinski definition) is 5. The highest BCUT2D eigenvalue weighted by Gasteiger charge is 2.45. The lowest BCUT2D eigenvalue weighted by Crippen LogP contribution is -2.52. The molecule has 1 aliphatic carbocycles. The fourth-order valence-corrected chi connectivity index (χ4v) is 6.72. The molecule has 2 aromatic rings. The molecule has 198 valence electrons. The fraction of sp³-hybridized carbons (Fsp3) is 0.444. The van der Waals surface area contributed by atoms with Crippen molar-refractivity contribution in [3.05, 3.63) is 53.1 Å². The van der Waals surface area contributed by atoms with E-state index in [1.165, 1.54) is 11.8 Å². The number of ether oxygens (including phenoxy) is 2. The number of methoxy groups -OCH3 is 1. The summed E-state index contributed by atoms with van der Waals surface area (Å²) in [7, 11) is -0.747. The topological polar surface area (TPSA) is 84.9 Å². The van der Waals surface area contributed by atoms with Crippen molar-refractivity contribution in [2.24, 2.45) is 5.92 Å². The smallest absolute Gasteiger partial charge is 0.302 e. The third kappa shape index (κ3) is 5.39. The van der Waals surface area contributed by atoms with Gasteiger partial charge in [0.1, 0.15) is 29.5 Å². The van der Waals surface area contributed by atoms with E-state index in [9.17, 15) is 23.2 Å². The van der Waals surface area contributed by atoms with Crippen LogP contribution in [0.4, 0.5) is 14.5 Å². The second-order valence-corrected chi connectivity index (χ2v) is 15.6. The Kier molecular flexibility index (Phi) is 7.41. The van der Waals surface area contributed by atoms with Crippen LogP contribution in [0.2, 0.25) is 19.6 Å². The molecular formula is C27H32F2N2O5Si. The van der Waals surface area contributed by atoms with Gasteiger partial charge in [0.15, 0.2) is 0 Å². The molecular weight excluding hydrogens is 498 g/mol. The maximum absolute atomic E-state index is 14.9. The van der Waals surface area contributed by atoms with Crippen LogP contribution in [0.1, 0.15) is 36.9 Å². The van der Waals surface area contributed by atoms with Crippen LogP contribution in [-0.2, 0) is 25.5 Å². The highest BCUT2D eigenvalue weighted by Crippen LogP contribution is 2.38. The van der Waals surface area contributed by atoms with Gasteiger partial charge in [-0.2, -0.15) is 0 Å². The van der Waals surface area contributed by atoms with Crippen molar-refractivity contribution in [2.75, 3.05) is 19.0 Å². The van der Waals surface area contributed by atoms with Crippen LogP contribution in [0, 0.1) is 17.6 Å². The summed E-state index contributed by atoms with van der Waals surface area (Å²) in [5, 5.41) is 2.70. The Hall–Kier alpha value is -3.27. The Bertz CT molecular complexity index is 1220. The Morgan fingerprint density at radius 2 is 1.73 bits per heavy atom. The number of esters is 1. The molecule has 7 nitrogen and oxygen atoms in total. The lowest BCUT2D eigenvalue weighted by atomic mass is 9.79. The molecule has 1 fully saturated rings. The number of nitrogens with zero attached hydrogens (tertiary/aromatic N) is 1. The zero-order valence-corrected chi connectivity index (χ0v) is 22.7. The van der Waals surface area contributed by atoms with E-state index < -0.39 is 49.6 Å². The van der Waals surface area contributed by atoms with Crippen molar-refractivity contribution in [3.8, 4) is 5.75 Å². The van der Waals surface area contributed by atoms with Crippen LogP contribution in [0.15, 0.2) is 30.3 Å². The summed E-state index contributed by atoms with van der Waals surface area (Å²) in [5.74, 6) is -2.64. The highest BCUT2D eigenvalue weighted by atomic mass is 28.3. The Balaban J connectivity index is 1.67. The molecule has 1 aliphatic heterocycles. The molecule has 0 radical (unpaired) electrons. The zero-order valence-electron chi connectivity index (χ0n) is 21.7. The van der Waals surface area contributed by atoms with E-state index in [0.717, 1.165) is 17.7 Å². The summed E-state index contributed by atoms with van der Waals surface area (Å²) in [5.41, 5.74) is 1.44. The van der Waals surface area contributed by atoms with Crippen molar-refractivity contribution in [1.29, 1.82) is 0 Å². The molecule has 2 aliphatic rings. The number of amides is 2. The van der Waals surface area contributed by atoms with Gasteiger partial charge in [0.05, 0.1) is 21.1 Å². The summed E-state index contributed by atoms with van der Waals surface area (Å²) >= 11 is 0. The molecule has 2 aromatic carbocycles. The zero-order chi connectivity index (χ0) is 27.1. The summed E-state index contributed by atoms with van der Waals surface area (Å²) in [6.45, 7) is 7.08. The van der Waals surface area contributed by atoms with Crippen LogP contribution in [-0.4, -0.2) is 50.5 Å². The monoisotopic (exact) mass is 530 g/mol. The number of carbonyl (C=O) groups is 3. The normalized spacial score (nSPS) is 20.9. The van der Waals surface area contributed by atoms with E-state index in [1.807, 2.05) is 25.7 Å². The molecule has 0 spiro atoms. The van der Waals surface area contributed by atoms with Gasteiger partial charge in [-0.25, -0.2) is 8.78 Å². The fourth-order valence-electron chi connectivity index (χ4n) is 5.14. The molecule has 1 N–H and O–H groups in total. The largest absolute Gasteiger partial charge is 0.497 e. The minimum atomic E-state index is -2.29. The van der Waals surface area contributed by atoms with Crippen LogP contribution < -0.4 is 15.2 Å².